The van der Waals surface area contributed by atoms with Crippen LogP contribution in [0, 0.1) is 0 Å². The SMILES string of the molecule is CCOc1cc(C2C(C(=O)OC)=C(C)Nc3ncnn32)cc(Br)c1OCc1ccc(Cl)cc1. The average molecular weight is 534 g/mol. The van der Waals surface area contributed by atoms with Crippen molar-refractivity contribution in [2.24, 2.45) is 0 Å². The van der Waals surface area contributed by atoms with Gasteiger partial charge >= 0.3 is 5.97 Å². The van der Waals surface area contributed by atoms with Gasteiger partial charge in [-0.3, -0.25) is 0 Å². The van der Waals surface area contributed by atoms with Crippen LogP contribution in [0.3, 0.4) is 0 Å². The molecule has 0 amide bonds. The number of fused-ring (bicyclic) bond motifs is 1. The molecule has 0 aliphatic carbocycles. The fourth-order valence-corrected chi connectivity index (χ4v) is 4.36. The standard InChI is InChI=1S/C23H22BrClN4O4/c1-4-32-18-10-15(9-17(24)21(18)33-11-14-5-7-16(25)8-6-14)20-19(22(30)31-3)13(2)28-23-26-12-27-29(20)23/h5-10,12,20H,4,11H2,1-3H3,(H,26,27,28). The first-order chi connectivity index (χ1) is 15.9. The lowest BCUT2D eigenvalue weighted by atomic mass is 9.95. The van der Waals surface area contributed by atoms with E-state index < -0.39 is 12.0 Å². The van der Waals surface area contributed by atoms with Crippen molar-refractivity contribution >= 4 is 39.4 Å². The number of esters is 1. The largest absolute Gasteiger partial charge is 0.490 e. The lowest BCUT2D eigenvalue weighted by Gasteiger charge is -2.28. The number of carbonyl (C=O) groups is 1. The number of nitrogens with one attached hydrogen (secondary N) is 1. The molecule has 33 heavy (non-hydrogen) atoms. The maximum absolute atomic E-state index is 12.7. The van der Waals surface area contributed by atoms with Crippen LogP contribution in [0.1, 0.15) is 31.0 Å². The van der Waals surface area contributed by atoms with Crippen LogP contribution in [0.2, 0.25) is 5.02 Å². The molecule has 10 heteroatoms. The summed E-state index contributed by atoms with van der Waals surface area (Å²) in [6, 6.07) is 10.6. The van der Waals surface area contributed by atoms with Gasteiger partial charge in [0.05, 0.1) is 23.8 Å². The van der Waals surface area contributed by atoms with Gasteiger partial charge in [0, 0.05) is 10.7 Å². The van der Waals surface area contributed by atoms with Gasteiger partial charge in [0.2, 0.25) is 5.95 Å². The molecule has 0 bridgehead atoms. The predicted octanol–water partition coefficient (Wildman–Crippen LogP) is 5.13. The molecule has 1 aliphatic rings. The first kappa shape index (κ1) is 23.1. The zero-order chi connectivity index (χ0) is 23.5. The van der Waals surface area contributed by atoms with Crippen LogP contribution < -0.4 is 14.8 Å². The minimum Gasteiger partial charge on any atom is -0.490 e. The first-order valence-corrected chi connectivity index (χ1v) is 11.4. The first-order valence-electron chi connectivity index (χ1n) is 10.2. The Balaban J connectivity index is 1.75. The van der Waals surface area contributed by atoms with E-state index in [1.54, 1.807) is 11.6 Å². The lowest BCUT2D eigenvalue weighted by molar-refractivity contribution is -0.136. The van der Waals surface area contributed by atoms with Crippen LogP contribution in [-0.2, 0) is 16.1 Å². The number of hydrogen-bond acceptors (Lipinski definition) is 7. The fraction of sp³-hybridized carbons (Fsp3) is 0.261. The third kappa shape index (κ3) is 4.69. The van der Waals surface area contributed by atoms with Gasteiger partial charge in [-0.15, -0.1) is 0 Å². The van der Waals surface area contributed by atoms with Crippen molar-refractivity contribution in [3.8, 4) is 11.5 Å². The summed E-state index contributed by atoms with van der Waals surface area (Å²) in [6.07, 6.45) is 1.44. The van der Waals surface area contributed by atoms with Crippen molar-refractivity contribution in [2.75, 3.05) is 19.0 Å². The van der Waals surface area contributed by atoms with E-state index in [-0.39, 0.29) is 0 Å². The molecule has 0 spiro atoms. The molecule has 1 atom stereocenters. The molecule has 4 rings (SSSR count). The van der Waals surface area contributed by atoms with E-state index in [9.17, 15) is 4.79 Å². The maximum atomic E-state index is 12.7. The normalized spacial score (nSPS) is 15.0. The van der Waals surface area contributed by atoms with Gasteiger partial charge in [0.25, 0.3) is 0 Å². The van der Waals surface area contributed by atoms with Crippen LogP contribution in [-0.4, -0.2) is 34.5 Å². The molecule has 0 fully saturated rings. The second-order valence-electron chi connectivity index (χ2n) is 7.26. The third-order valence-corrected chi connectivity index (χ3v) is 5.98. The summed E-state index contributed by atoms with van der Waals surface area (Å²) in [5, 5.41) is 8.10. The highest BCUT2D eigenvalue weighted by atomic mass is 79.9. The van der Waals surface area contributed by atoms with Crippen LogP contribution in [0.5, 0.6) is 11.5 Å². The Labute approximate surface area is 204 Å². The molecule has 2 heterocycles. The van der Waals surface area contributed by atoms with E-state index in [0.29, 0.717) is 51.4 Å². The number of anilines is 1. The van der Waals surface area contributed by atoms with Crippen molar-refractivity contribution in [3.05, 3.63) is 74.6 Å². The number of methoxy groups -OCH3 is 1. The number of carbonyl (C=O) groups excluding carboxylic acids is 1. The zero-order valence-corrected chi connectivity index (χ0v) is 20.6. The number of aromatic nitrogens is 3. The van der Waals surface area contributed by atoms with E-state index in [1.165, 1.54) is 13.4 Å². The van der Waals surface area contributed by atoms with Crippen molar-refractivity contribution in [1.29, 1.82) is 0 Å². The molecule has 1 aromatic heterocycles. The minimum atomic E-state index is -0.558. The highest BCUT2D eigenvalue weighted by Gasteiger charge is 2.35. The molecule has 1 N–H and O–H groups in total. The Kier molecular flexibility index (Phi) is 6.90. The van der Waals surface area contributed by atoms with Gasteiger partial charge in [0.1, 0.15) is 19.0 Å². The molecule has 1 unspecified atom stereocenters. The van der Waals surface area contributed by atoms with Gasteiger partial charge in [-0.2, -0.15) is 10.1 Å². The molecule has 0 radical (unpaired) electrons. The average Bonchev–Trinajstić information content (AvgIpc) is 3.26. The Hall–Kier alpha value is -3.04. The van der Waals surface area contributed by atoms with E-state index in [1.807, 2.05) is 43.3 Å². The summed E-state index contributed by atoms with van der Waals surface area (Å²) in [7, 11) is 1.35. The monoisotopic (exact) mass is 532 g/mol. The van der Waals surface area contributed by atoms with Crippen molar-refractivity contribution in [2.45, 2.75) is 26.5 Å². The molecule has 1 aliphatic heterocycles. The summed E-state index contributed by atoms with van der Waals surface area (Å²) >= 11 is 9.59. The van der Waals surface area contributed by atoms with E-state index >= 15 is 0 Å². The van der Waals surface area contributed by atoms with Crippen LogP contribution in [0.4, 0.5) is 5.95 Å². The molecule has 0 saturated heterocycles. The van der Waals surface area contributed by atoms with Gasteiger partial charge in [-0.1, -0.05) is 23.7 Å². The maximum Gasteiger partial charge on any atom is 0.338 e. The molecule has 3 aromatic rings. The quantitative estimate of drug-likeness (QED) is 0.421. The van der Waals surface area contributed by atoms with E-state index in [2.05, 4.69) is 31.3 Å². The fourth-order valence-electron chi connectivity index (χ4n) is 3.66. The lowest BCUT2D eigenvalue weighted by Crippen LogP contribution is -2.29. The molecular formula is C23H22BrClN4O4. The number of rotatable bonds is 7. The Morgan fingerprint density at radius 1 is 1.24 bits per heavy atom. The topological polar surface area (TPSA) is 87.5 Å². The minimum absolute atomic E-state index is 0.336. The smallest absolute Gasteiger partial charge is 0.338 e. The molecule has 0 saturated carbocycles. The predicted molar refractivity (Wildman–Crippen MR) is 128 cm³/mol. The summed E-state index contributed by atoms with van der Waals surface area (Å²) in [4.78, 5) is 16.9. The van der Waals surface area contributed by atoms with Crippen molar-refractivity contribution in [3.63, 3.8) is 0 Å². The van der Waals surface area contributed by atoms with Crippen LogP contribution in [0.25, 0.3) is 0 Å². The summed E-state index contributed by atoms with van der Waals surface area (Å²) in [6.45, 7) is 4.47. The molecule has 172 valence electrons. The van der Waals surface area contributed by atoms with Crippen LogP contribution >= 0.6 is 27.5 Å². The van der Waals surface area contributed by atoms with E-state index in [0.717, 1.165) is 11.1 Å². The van der Waals surface area contributed by atoms with Gasteiger partial charge in [0.15, 0.2) is 11.5 Å². The van der Waals surface area contributed by atoms with Crippen LogP contribution in [0.15, 0.2) is 58.5 Å². The van der Waals surface area contributed by atoms with Gasteiger partial charge < -0.3 is 19.5 Å². The number of halogens is 2. The third-order valence-electron chi connectivity index (χ3n) is 5.14. The summed E-state index contributed by atoms with van der Waals surface area (Å²) in [5.74, 6) is 1.17. The van der Waals surface area contributed by atoms with Crippen molar-refractivity contribution in [1.82, 2.24) is 14.8 Å². The van der Waals surface area contributed by atoms with Gasteiger partial charge in [-0.05, 0) is 65.2 Å². The molecule has 8 nitrogen and oxygen atoms in total. The molecule has 2 aromatic carbocycles. The second kappa shape index (κ2) is 9.84. The Morgan fingerprint density at radius 3 is 2.70 bits per heavy atom. The number of allylic oxidation sites excluding steroid dienone is 1. The number of ether oxygens (including phenoxy) is 3. The number of nitrogens with zero attached hydrogens (tertiary/aromatic N) is 3. The van der Waals surface area contributed by atoms with Crippen molar-refractivity contribution < 1.29 is 19.0 Å². The zero-order valence-electron chi connectivity index (χ0n) is 18.3. The number of benzene rings is 2. The van der Waals surface area contributed by atoms with E-state index in [4.69, 9.17) is 25.8 Å². The second-order valence-corrected chi connectivity index (χ2v) is 8.55. The molecular weight excluding hydrogens is 512 g/mol. The summed E-state index contributed by atoms with van der Waals surface area (Å²) in [5.41, 5.74) is 2.80. The highest BCUT2D eigenvalue weighted by Crippen LogP contribution is 2.43. The highest BCUT2D eigenvalue weighted by molar-refractivity contribution is 9.10. The van der Waals surface area contributed by atoms with Gasteiger partial charge in [-0.25, -0.2) is 9.48 Å². The number of hydrogen-bond donors (Lipinski definition) is 1. The Bertz CT molecular complexity index is 1210. The summed E-state index contributed by atoms with van der Waals surface area (Å²) < 4.78 is 19.4. The Morgan fingerprint density at radius 2 is 2.00 bits per heavy atom.